The quantitative estimate of drug-likeness (QED) is 0.0866. The molecule has 2 aliphatic rings. The number of piperidine rings is 1. The fourth-order valence-electron chi connectivity index (χ4n) is 8.24. The van der Waals surface area contributed by atoms with Crippen LogP contribution in [0.4, 0.5) is 16.6 Å². The number of thiazole rings is 1. The number of nitrogens with zero attached hydrogens (tertiary/aromatic N) is 3. The number of aryl methyl sites for hydroxylation is 1. The second-order valence-corrected chi connectivity index (χ2v) is 16.8. The third-order valence-corrected chi connectivity index (χ3v) is 12.6. The molecule has 0 bridgehead atoms. The van der Waals surface area contributed by atoms with Gasteiger partial charge in [0.1, 0.15) is 17.3 Å². The van der Waals surface area contributed by atoms with Gasteiger partial charge in [0, 0.05) is 42.7 Å². The normalized spacial score (nSPS) is 14.7. The molecule has 1 unspecified atom stereocenters. The number of nitrogens with one attached hydrogen (secondary N) is 3. The first-order valence-electron chi connectivity index (χ1n) is 20.9. The van der Waals surface area contributed by atoms with E-state index in [9.17, 15) is 29.1 Å². The Morgan fingerprint density at radius 3 is 2.42 bits per heavy atom. The Balaban J connectivity index is 0.838. The summed E-state index contributed by atoms with van der Waals surface area (Å²) in [6, 6.07) is 37.1. The number of carbonyl (C=O) groups is 5. The van der Waals surface area contributed by atoms with Crippen molar-refractivity contribution in [3.8, 4) is 22.6 Å². The van der Waals surface area contributed by atoms with E-state index >= 15 is 0 Å². The Bertz CT molecular complexity index is 2930. The molecule has 2 aliphatic heterocycles. The van der Waals surface area contributed by atoms with Gasteiger partial charge in [-0.05, 0) is 120 Å². The van der Waals surface area contributed by atoms with E-state index < -0.39 is 5.97 Å². The minimum atomic E-state index is -1.16. The second kappa shape index (κ2) is 17.9. The number of pyridine rings is 1. The predicted octanol–water partition coefficient (Wildman–Crippen LogP) is 9.06. The molecule has 1 saturated heterocycles. The van der Waals surface area contributed by atoms with Gasteiger partial charge in [-0.2, -0.15) is 0 Å². The van der Waals surface area contributed by atoms with Crippen LogP contribution in [0.1, 0.15) is 73.8 Å². The van der Waals surface area contributed by atoms with Gasteiger partial charge >= 0.3 is 5.97 Å². The van der Waals surface area contributed by atoms with Crippen molar-refractivity contribution in [3.05, 3.63) is 160 Å². The molecule has 4 heterocycles. The molecule has 1 fully saturated rings. The standard InChI is InChI=1S/C50H42N6O7S/c1-29-35(7-5-10-41(29)63-34-19-12-30(13-20-34)14-24-44(57)51-33-17-15-32(16-18-33)36-22-25-45(58)54-47(36)59)37-21-23-43(53-46(37)49(61)62)56-27-26-31-6-4-8-38(39(31)28-56)48(60)55-50-52-40-9-2-3-11-42(40)64-50/h2-13,15-21,23,36H,14,22,24-28H2,1H3,(H,51,57)(H,61,62)(H,52,55,60)(H,54,58,59). The van der Waals surface area contributed by atoms with Crippen molar-refractivity contribution in [1.82, 2.24) is 15.3 Å². The summed E-state index contributed by atoms with van der Waals surface area (Å²) in [6.45, 7) is 2.85. The first-order valence-corrected chi connectivity index (χ1v) is 21.7. The van der Waals surface area contributed by atoms with Gasteiger partial charge in [0.05, 0.1) is 16.1 Å². The number of hydrogen-bond acceptors (Lipinski definition) is 10. The Kier molecular flexibility index (Phi) is 11.7. The van der Waals surface area contributed by atoms with Crippen LogP contribution in [0, 0.1) is 6.92 Å². The first kappa shape index (κ1) is 41.6. The molecule has 0 saturated carbocycles. The fraction of sp³-hybridized carbons (Fsp3) is 0.180. The number of aromatic nitrogens is 2. The molecule has 14 heteroatoms. The Morgan fingerprint density at radius 2 is 1.64 bits per heavy atom. The molecule has 64 heavy (non-hydrogen) atoms. The molecule has 13 nitrogen and oxygen atoms in total. The molecule has 1 atom stereocenters. The van der Waals surface area contributed by atoms with Crippen LogP contribution in [0.3, 0.4) is 0 Å². The monoisotopic (exact) mass is 870 g/mol. The molecule has 320 valence electrons. The first-order chi connectivity index (χ1) is 31.1. The maximum Gasteiger partial charge on any atom is 0.355 e. The molecular weight excluding hydrogens is 829 g/mol. The molecule has 4 amide bonds. The molecule has 2 aromatic heterocycles. The number of rotatable bonds is 12. The van der Waals surface area contributed by atoms with Gasteiger partial charge in [0.25, 0.3) is 5.91 Å². The lowest BCUT2D eigenvalue weighted by Crippen LogP contribution is -2.39. The van der Waals surface area contributed by atoms with Gasteiger partial charge in [-0.3, -0.25) is 29.8 Å². The number of benzene rings is 5. The molecule has 4 N–H and O–H groups in total. The third-order valence-electron chi connectivity index (χ3n) is 11.6. The van der Waals surface area contributed by atoms with Crippen LogP contribution < -0.4 is 25.6 Å². The van der Waals surface area contributed by atoms with E-state index in [0.29, 0.717) is 83.6 Å². The van der Waals surface area contributed by atoms with E-state index in [1.54, 1.807) is 36.4 Å². The van der Waals surface area contributed by atoms with E-state index in [1.807, 2.05) is 96.8 Å². The van der Waals surface area contributed by atoms with E-state index in [4.69, 9.17) is 4.74 Å². The third kappa shape index (κ3) is 8.94. The van der Waals surface area contributed by atoms with Gasteiger partial charge in [0.15, 0.2) is 10.8 Å². The molecule has 0 aliphatic carbocycles. The number of carbonyl (C=O) groups excluding carboxylic acids is 4. The van der Waals surface area contributed by atoms with E-state index in [-0.39, 0.29) is 41.7 Å². The van der Waals surface area contributed by atoms with E-state index in [0.717, 1.165) is 38.0 Å². The van der Waals surface area contributed by atoms with Crippen molar-refractivity contribution in [2.45, 2.75) is 51.5 Å². The minimum Gasteiger partial charge on any atom is -0.476 e. The number of anilines is 3. The summed E-state index contributed by atoms with van der Waals surface area (Å²) < 4.78 is 7.28. The molecular formula is C50H42N6O7S. The Hall–Kier alpha value is -7.71. The summed E-state index contributed by atoms with van der Waals surface area (Å²) in [6.07, 6.45) is 2.17. The number of carboxylic acid groups (broad SMARTS) is 1. The largest absolute Gasteiger partial charge is 0.476 e. The summed E-state index contributed by atoms with van der Waals surface area (Å²) in [4.78, 5) is 74.1. The second-order valence-electron chi connectivity index (χ2n) is 15.8. The number of amides is 4. The topological polar surface area (TPSA) is 180 Å². The average Bonchev–Trinajstić information content (AvgIpc) is 3.71. The maximum absolute atomic E-state index is 13.6. The summed E-state index contributed by atoms with van der Waals surface area (Å²) in [5, 5.41) is 19.2. The number of ether oxygens (including phenoxy) is 1. The Labute approximate surface area is 372 Å². The lowest BCUT2D eigenvalue weighted by Gasteiger charge is -2.31. The summed E-state index contributed by atoms with van der Waals surface area (Å²) >= 11 is 1.42. The number of para-hydroxylation sites is 1. The van der Waals surface area contributed by atoms with Gasteiger partial charge in [-0.1, -0.05) is 72.0 Å². The van der Waals surface area contributed by atoms with Crippen molar-refractivity contribution in [2.75, 3.05) is 22.1 Å². The number of hydrogen-bond donors (Lipinski definition) is 4. The molecule has 9 rings (SSSR count). The lowest BCUT2D eigenvalue weighted by atomic mass is 9.90. The fourth-order valence-corrected chi connectivity index (χ4v) is 9.11. The highest BCUT2D eigenvalue weighted by molar-refractivity contribution is 7.22. The van der Waals surface area contributed by atoms with Crippen molar-refractivity contribution in [1.29, 1.82) is 0 Å². The zero-order chi connectivity index (χ0) is 44.3. The number of imide groups is 1. The van der Waals surface area contributed by atoms with Crippen LogP contribution in [0.15, 0.2) is 121 Å². The van der Waals surface area contributed by atoms with Gasteiger partial charge in [0.2, 0.25) is 17.7 Å². The van der Waals surface area contributed by atoms with Crippen LogP contribution in [0.5, 0.6) is 11.5 Å². The molecule has 7 aromatic rings. The highest BCUT2D eigenvalue weighted by atomic mass is 32.1. The maximum atomic E-state index is 13.6. The van der Waals surface area contributed by atoms with Crippen molar-refractivity contribution < 1.29 is 33.8 Å². The van der Waals surface area contributed by atoms with Crippen molar-refractivity contribution in [3.63, 3.8) is 0 Å². The zero-order valence-electron chi connectivity index (χ0n) is 34.7. The number of carboxylic acids is 1. The SMILES string of the molecule is Cc1c(Oc2ccc(CCC(=O)Nc3ccc(C4CCC(=O)NC4=O)cc3)cc2)cccc1-c1ccc(N2CCc3cccc(C(=O)Nc4nc5ccccc5s4)c3C2)nc1C(=O)O. The van der Waals surface area contributed by atoms with E-state index in [2.05, 4.69) is 25.9 Å². The molecule has 0 radical (unpaired) electrons. The summed E-state index contributed by atoms with van der Waals surface area (Å²) in [5.74, 6) is -0.884. The van der Waals surface area contributed by atoms with Crippen LogP contribution in [-0.2, 0) is 33.8 Å². The minimum absolute atomic E-state index is 0.0944. The van der Waals surface area contributed by atoms with Gasteiger partial charge in [-0.25, -0.2) is 14.8 Å². The Morgan fingerprint density at radius 1 is 0.844 bits per heavy atom. The molecule has 5 aromatic carbocycles. The summed E-state index contributed by atoms with van der Waals surface area (Å²) in [7, 11) is 0. The van der Waals surface area contributed by atoms with Crippen molar-refractivity contribution >= 4 is 67.8 Å². The smallest absolute Gasteiger partial charge is 0.355 e. The lowest BCUT2D eigenvalue weighted by molar-refractivity contribution is -0.134. The van der Waals surface area contributed by atoms with Crippen LogP contribution in [0.25, 0.3) is 21.3 Å². The van der Waals surface area contributed by atoms with Crippen molar-refractivity contribution in [2.24, 2.45) is 0 Å². The highest BCUT2D eigenvalue weighted by Crippen LogP contribution is 2.36. The van der Waals surface area contributed by atoms with E-state index in [1.165, 1.54) is 11.3 Å². The number of aromatic carboxylic acids is 1. The van der Waals surface area contributed by atoms with Gasteiger partial charge in [-0.15, -0.1) is 0 Å². The molecule has 0 spiro atoms. The zero-order valence-corrected chi connectivity index (χ0v) is 35.5. The highest BCUT2D eigenvalue weighted by Gasteiger charge is 2.28. The number of fused-ring (bicyclic) bond motifs is 2. The van der Waals surface area contributed by atoms with Crippen LogP contribution >= 0.6 is 11.3 Å². The summed E-state index contributed by atoms with van der Waals surface area (Å²) in [5.41, 5.74) is 7.40. The van der Waals surface area contributed by atoms with Gasteiger partial charge < -0.3 is 20.1 Å². The predicted molar refractivity (Wildman–Crippen MR) is 245 cm³/mol. The van der Waals surface area contributed by atoms with Crippen LogP contribution in [-0.4, -0.2) is 51.2 Å². The van der Waals surface area contributed by atoms with Crippen LogP contribution in [0.2, 0.25) is 0 Å². The average molecular weight is 871 g/mol.